The molecule has 1 aromatic carbocycles. The number of H-pyrrole nitrogens is 1. The van der Waals surface area contributed by atoms with Crippen LogP contribution >= 0.6 is 0 Å². The van der Waals surface area contributed by atoms with Crippen molar-refractivity contribution in [3.8, 4) is 11.5 Å². The predicted molar refractivity (Wildman–Crippen MR) is 130 cm³/mol. The maximum atomic E-state index is 14.8. The van der Waals surface area contributed by atoms with Gasteiger partial charge in [0.25, 0.3) is 11.7 Å². The molecule has 0 bridgehead atoms. The van der Waals surface area contributed by atoms with E-state index in [4.69, 9.17) is 0 Å². The van der Waals surface area contributed by atoms with Crippen LogP contribution in [0.5, 0.6) is 0 Å². The highest BCUT2D eigenvalue weighted by Crippen LogP contribution is 2.29. The third kappa shape index (κ3) is 3.61. The summed E-state index contributed by atoms with van der Waals surface area (Å²) in [4.78, 5) is 53.9. The number of carbonyl (C=O) groups is 2. The van der Waals surface area contributed by atoms with Crippen LogP contribution in [0.4, 0.5) is 10.2 Å². The minimum Gasteiger partial charge on any atom is -0.358 e. The number of benzene rings is 1. The first-order valence-electron chi connectivity index (χ1n) is 11.3. The molecule has 0 radical (unpaired) electrons. The number of ketones is 1. The lowest BCUT2D eigenvalue weighted by molar-refractivity contribution is -0.126. The molecule has 4 aromatic heterocycles. The Morgan fingerprint density at radius 2 is 1.69 bits per heavy atom. The summed E-state index contributed by atoms with van der Waals surface area (Å²) in [6.45, 7) is 1.67. The molecule has 5 heterocycles. The number of fused-ring (bicyclic) bond motifs is 2. The lowest BCUT2D eigenvalue weighted by Gasteiger charge is -2.35. The van der Waals surface area contributed by atoms with E-state index < -0.39 is 17.5 Å². The summed E-state index contributed by atoms with van der Waals surface area (Å²) in [6, 6.07) is 9.38. The monoisotopic (exact) mass is 482 g/mol. The van der Waals surface area contributed by atoms with E-state index in [1.807, 2.05) is 24.3 Å². The van der Waals surface area contributed by atoms with Crippen LogP contribution in [-0.2, 0) is 4.79 Å². The van der Waals surface area contributed by atoms with Gasteiger partial charge in [0.05, 0.1) is 28.2 Å². The van der Waals surface area contributed by atoms with Crippen molar-refractivity contribution in [2.75, 3.05) is 31.1 Å². The summed E-state index contributed by atoms with van der Waals surface area (Å²) in [7, 11) is 0. The van der Waals surface area contributed by atoms with Gasteiger partial charge >= 0.3 is 0 Å². The van der Waals surface area contributed by atoms with Crippen LogP contribution in [0.3, 0.4) is 0 Å². The van der Waals surface area contributed by atoms with Gasteiger partial charge in [-0.25, -0.2) is 29.3 Å². The van der Waals surface area contributed by atoms with Crippen molar-refractivity contribution < 1.29 is 14.0 Å². The van der Waals surface area contributed by atoms with E-state index in [-0.39, 0.29) is 22.3 Å². The molecule has 1 saturated heterocycles. The second kappa shape index (κ2) is 8.77. The number of aromatic amines is 1. The largest absolute Gasteiger partial charge is 0.358 e. The summed E-state index contributed by atoms with van der Waals surface area (Å²) in [5, 5.41) is 0.925. The number of hydrogen-bond acceptors (Lipinski definition) is 8. The van der Waals surface area contributed by atoms with Gasteiger partial charge in [-0.2, -0.15) is 0 Å². The minimum absolute atomic E-state index is 0.00288. The van der Waals surface area contributed by atoms with Crippen molar-refractivity contribution in [3.63, 3.8) is 0 Å². The van der Waals surface area contributed by atoms with Gasteiger partial charge in [0, 0.05) is 50.2 Å². The maximum absolute atomic E-state index is 14.8. The fourth-order valence-electron chi connectivity index (χ4n) is 4.50. The van der Waals surface area contributed by atoms with Gasteiger partial charge in [0.1, 0.15) is 17.8 Å². The third-order valence-electron chi connectivity index (χ3n) is 6.27. The number of halogens is 1. The number of aromatic nitrogens is 6. The molecule has 1 aliphatic heterocycles. The molecule has 178 valence electrons. The molecule has 0 saturated carbocycles. The lowest BCUT2D eigenvalue weighted by Crippen LogP contribution is -2.51. The molecule has 5 aromatic rings. The molecule has 6 rings (SSSR count). The quantitative estimate of drug-likeness (QED) is 0.307. The van der Waals surface area contributed by atoms with E-state index in [0.29, 0.717) is 31.9 Å². The number of carbonyl (C=O) groups excluding carboxylic acids is 2. The van der Waals surface area contributed by atoms with Gasteiger partial charge in [0.15, 0.2) is 11.6 Å². The molecule has 11 heteroatoms. The van der Waals surface area contributed by atoms with Crippen LogP contribution in [0.25, 0.3) is 33.3 Å². The van der Waals surface area contributed by atoms with E-state index in [0.717, 1.165) is 22.9 Å². The first-order valence-corrected chi connectivity index (χ1v) is 11.3. The molecule has 0 spiro atoms. The van der Waals surface area contributed by atoms with Crippen molar-refractivity contribution in [2.45, 2.75) is 0 Å². The van der Waals surface area contributed by atoms with Crippen LogP contribution in [0, 0.1) is 5.82 Å². The number of anilines is 1. The molecule has 1 N–H and O–H groups in total. The normalized spacial score (nSPS) is 13.9. The number of amides is 1. The van der Waals surface area contributed by atoms with Crippen LogP contribution in [-0.4, -0.2) is 72.7 Å². The zero-order valence-corrected chi connectivity index (χ0v) is 18.9. The standard InChI is InChI=1S/C25H19FN8O2/c26-17-13-30-21(23-27-6-3-7-28-23)20-19(17)16(12-29-20)22(35)25(36)34-10-8-33(9-11-34)24-15-4-1-2-5-18(15)31-14-32-24/h1-7,12-14,29H,8-11H2. The average molecular weight is 482 g/mol. The van der Waals surface area contributed by atoms with Gasteiger partial charge < -0.3 is 14.8 Å². The fraction of sp³-hybridized carbons (Fsp3) is 0.160. The first kappa shape index (κ1) is 21.7. The Balaban J connectivity index is 1.24. The van der Waals surface area contributed by atoms with E-state index in [9.17, 15) is 14.0 Å². The summed E-state index contributed by atoms with van der Waals surface area (Å²) in [5.41, 5.74) is 1.35. The Kier molecular flexibility index (Phi) is 5.29. The molecule has 0 atom stereocenters. The van der Waals surface area contributed by atoms with Crippen LogP contribution < -0.4 is 4.90 Å². The molecule has 1 fully saturated rings. The molecule has 10 nitrogen and oxygen atoms in total. The Hall–Kier alpha value is -4.80. The zero-order valence-electron chi connectivity index (χ0n) is 18.9. The smallest absolute Gasteiger partial charge is 0.295 e. The third-order valence-corrected chi connectivity index (χ3v) is 6.27. The number of hydrogen-bond donors (Lipinski definition) is 1. The average Bonchev–Trinajstić information content (AvgIpc) is 3.39. The van der Waals surface area contributed by atoms with Crippen molar-refractivity contribution >= 4 is 39.3 Å². The number of nitrogens with zero attached hydrogens (tertiary/aromatic N) is 7. The van der Waals surface area contributed by atoms with E-state index in [1.165, 1.54) is 17.4 Å². The van der Waals surface area contributed by atoms with Crippen molar-refractivity contribution in [1.82, 2.24) is 34.8 Å². The maximum Gasteiger partial charge on any atom is 0.295 e. The van der Waals surface area contributed by atoms with E-state index in [2.05, 4.69) is 34.8 Å². The summed E-state index contributed by atoms with van der Waals surface area (Å²) < 4.78 is 14.8. The van der Waals surface area contributed by atoms with Crippen molar-refractivity contribution in [2.24, 2.45) is 0 Å². The summed E-state index contributed by atoms with van der Waals surface area (Å²) >= 11 is 0. The Morgan fingerprint density at radius 1 is 0.917 bits per heavy atom. The molecule has 36 heavy (non-hydrogen) atoms. The van der Waals surface area contributed by atoms with Crippen molar-refractivity contribution in [3.05, 3.63) is 72.8 Å². The number of pyridine rings is 1. The second-order valence-electron chi connectivity index (χ2n) is 8.30. The summed E-state index contributed by atoms with van der Waals surface area (Å²) in [5.74, 6) is -1.10. The second-order valence-corrected chi connectivity index (χ2v) is 8.30. The number of para-hydroxylation sites is 1. The molecule has 0 unspecified atom stereocenters. The number of nitrogens with one attached hydrogen (secondary N) is 1. The zero-order chi connectivity index (χ0) is 24.6. The van der Waals surface area contributed by atoms with Gasteiger partial charge in [-0.15, -0.1) is 0 Å². The highest BCUT2D eigenvalue weighted by molar-refractivity contribution is 6.45. The van der Waals surface area contributed by atoms with Gasteiger partial charge in [-0.1, -0.05) is 12.1 Å². The number of rotatable bonds is 4. The van der Waals surface area contributed by atoms with Gasteiger partial charge in [-0.05, 0) is 18.2 Å². The summed E-state index contributed by atoms with van der Waals surface area (Å²) in [6.07, 6.45) is 6.95. The highest BCUT2D eigenvalue weighted by Gasteiger charge is 2.30. The molecule has 1 amide bonds. The van der Waals surface area contributed by atoms with Crippen molar-refractivity contribution in [1.29, 1.82) is 0 Å². The van der Waals surface area contributed by atoms with Crippen LogP contribution in [0.1, 0.15) is 10.4 Å². The SMILES string of the molecule is O=C(C(=O)N1CCN(c2ncnc3ccccc23)CC1)c1c[nH]c2c(-c3ncccn3)ncc(F)c12. The number of piperazine rings is 1. The topological polar surface area (TPSA) is 121 Å². The molecular formula is C25H19FN8O2. The molecular weight excluding hydrogens is 463 g/mol. The fourth-order valence-corrected chi connectivity index (χ4v) is 4.50. The van der Waals surface area contributed by atoms with E-state index in [1.54, 1.807) is 18.5 Å². The lowest BCUT2D eigenvalue weighted by atomic mass is 10.1. The van der Waals surface area contributed by atoms with E-state index >= 15 is 0 Å². The van der Waals surface area contributed by atoms with Crippen LogP contribution in [0.15, 0.2) is 61.4 Å². The Bertz CT molecular complexity index is 1610. The molecule has 1 aliphatic rings. The number of Topliss-reactive ketones (excluding diaryl/α,β-unsaturated/α-hetero) is 1. The Morgan fingerprint density at radius 3 is 2.50 bits per heavy atom. The highest BCUT2D eigenvalue weighted by atomic mass is 19.1. The van der Waals surface area contributed by atoms with Crippen LogP contribution in [0.2, 0.25) is 0 Å². The predicted octanol–water partition coefficient (Wildman–Crippen LogP) is 2.63. The first-order chi connectivity index (χ1) is 17.6. The molecule has 0 aliphatic carbocycles. The minimum atomic E-state index is -0.785. The van der Waals surface area contributed by atoms with Gasteiger partial charge in [0.2, 0.25) is 0 Å². The van der Waals surface area contributed by atoms with Gasteiger partial charge in [-0.3, -0.25) is 9.59 Å². The Labute approximate surface area is 203 Å².